The number of fused-ring (bicyclic) bond motifs is 1. The molecular formula is C17H15N7O. The number of carbonyl (C=O) groups excluding carboxylic acids is 1. The molecule has 1 N–H and O–H groups in total. The number of pyridine rings is 1. The minimum Gasteiger partial charge on any atom is -0.346 e. The molecule has 8 nitrogen and oxygen atoms in total. The number of tetrazole rings is 1. The van der Waals surface area contributed by atoms with Gasteiger partial charge in [-0.25, -0.2) is 9.67 Å². The Morgan fingerprint density at radius 1 is 1.20 bits per heavy atom. The first kappa shape index (κ1) is 15.0. The molecule has 4 aromatic rings. The highest BCUT2D eigenvalue weighted by molar-refractivity contribution is 5.94. The number of carbonyl (C=O) groups is 1. The zero-order valence-electron chi connectivity index (χ0n) is 13.5. The minimum absolute atomic E-state index is 0.178. The average molecular weight is 333 g/mol. The van der Waals surface area contributed by atoms with E-state index in [9.17, 15) is 4.79 Å². The van der Waals surface area contributed by atoms with Crippen molar-refractivity contribution in [1.29, 1.82) is 0 Å². The second kappa shape index (κ2) is 6.16. The van der Waals surface area contributed by atoms with E-state index in [1.807, 2.05) is 41.9 Å². The molecule has 0 unspecified atom stereocenters. The summed E-state index contributed by atoms with van der Waals surface area (Å²) in [4.78, 5) is 16.9. The Bertz CT molecular complexity index is 1040. The third kappa shape index (κ3) is 3.09. The van der Waals surface area contributed by atoms with Crippen LogP contribution in [0.1, 0.15) is 21.6 Å². The van der Waals surface area contributed by atoms with E-state index in [0.717, 1.165) is 22.6 Å². The van der Waals surface area contributed by atoms with Gasteiger partial charge in [0.2, 0.25) is 0 Å². The molecule has 0 saturated carbocycles. The van der Waals surface area contributed by atoms with Crippen molar-refractivity contribution in [3.63, 3.8) is 0 Å². The van der Waals surface area contributed by atoms with Gasteiger partial charge in [0.15, 0.2) is 0 Å². The first-order chi connectivity index (χ1) is 12.2. The third-order valence-electron chi connectivity index (χ3n) is 3.80. The van der Waals surface area contributed by atoms with Crippen LogP contribution >= 0.6 is 0 Å². The Labute approximate surface area is 143 Å². The van der Waals surface area contributed by atoms with E-state index in [-0.39, 0.29) is 5.91 Å². The van der Waals surface area contributed by atoms with Crippen LogP contribution in [-0.2, 0) is 6.54 Å². The Morgan fingerprint density at radius 2 is 2.12 bits per heavy atom. The molecule has 0 fully saturated rings. The maximum absolute atomic E-state index is 12.4. The monoisotopic (exact) mass is 333 g/mol. The molecule has 124 valence electrons. The molecule has 1 amide bonds. The molecule has 0 aliphatic carbocycles. The highest BCUT2D eigenvalue weighted by Crippen LogP contribution is 2.10. The van der Waals surface area contributed by atoms with Gasteiger partial charge in [-0.1, -0.05) is 12.1 Å². The van der Waals surface area contributed by atoms with Gasteiger partial charge in [-0.3, -0.25) is 4.79 Å². The number of aromatic nitrogens is 6. The topological polar surface area (TPSA) is 90.0 Å². The number of amides is 1. The SMILES string of the molecule is Cc1ccc2nc(CNC(=O)c3cccc(-n4cnnn4)c3)cn2c1. The largest absolute Gasteiger partial charge is 0.346 e. The van der Waals surface area contributed by atoms with Gasteiger partial charge in [0.1, 0.15) is 12.0 Å². The van der Waals surface area contributed by atoms with E-state index in [4.69, 9.17) is 0 Å². The summed E-state index contributed by atoms with van der Waals surface area (Å²) in [6, 6.07) is 11.1. The highest BCUT2D eigenvalue weighted by Gasteiger charge is 2.09. The fourth-order valence-electron chi connectivity index (χ4n) is 2.58. The molecule has 0 radical (unpaired) electrons. The van der Waals surface area contributed by atoms with Crippen molar-refractivity contribution in [2.24, 2.45) is 0 Å². The van der Waals surface area contributed by atoms with Crippen LogP contribution in [0.4, 0.5) is 0 Å². The summed E-state index contributed by atoms with van der Waals surface area (Å²) in [7, 11) is 0. The number of nitrogens with one attached hydrogen (secondary N) is 1. The fourth-order valence-corrected chi connectivity index (χ4v) is 2.58. The maximum Gasteiger partial charge on any atom is 0.251 e. The lowest BCUT2D eigenvalue weighted by atomic mass is 10.2. The molecule has 3 heterocycles. The van der Waals surface area contributed by atoms with Gasteiger partial charge in [0.25, 0.3) is 5.91 Å². The van der Waals surface area contributed by atoms with Crippen LogP contribution < -0.4 is 5.32 Å². The Balaban J connectivity index is 1.49. The fraction of sp³-hybridized carbons (Fsp3) is 0.118. The number of rotatable bonds is 4. The number of hydrogen-bond acceptors (Lipinski definition) is 5. The van der Waals surface area contributed by atoms with Gasteiger partial charge in [-0.2, -0.15) is 0 Å². The molecule has 4 rings (SSSR count). The Morgan fingerprint density at radius 3 is 2.96 bits per heavy atom. The summed E-state index contributed by atoms with van der Waals surface area (Å²) < 4.78 is 3.45. The van der Waals surface area contributed by atoms with Crippen molar-refractivity contribution in [3.8, 4) is 5.69 Å². The van der Waals surface area contributed by atoms with Crippen LogP contribution in [0.25, 0.3) is 11.3 Å². The van der Waals surface area contributed by atoms with E-state index >= 15 is 0 Å². The summed E-state index contributed by atoms with van der Waals surface area (Å²) in [5.74, 6) is -0.178. The second-order valence-electron chi connectivity index (χ2n) is 5.69. The molecule has 0 saturated heterocycles. The molecule has 1 aromatic carbocycles. The average Bonchev–Trinajstić information content (AvgIpc) is 3.29. The third-order valence-corrected chi connectivity index (χ3v) is 3.80. The molecule has 8 heteroatoms. The quantitative estimate of drug-likeness (QED) is 0.612. The van der Waals surface area contributed by atoms with Crippen molar-refractivity contribution >= 4 is 11.6 Å². The van der Waals surface area contributed by atoms with Crippen LogP contribution in [0.15, 0.2) is 55.1 Å². The molecule has 0 aliphatic rings. The number of hydrogen-bond donors (Lipinski definition) is 1. The molecule has 0 bridgehead atoms. The Hall–Kier alpha value is -3.55. The Kier molecular flexibility index (Phi) is 3.70. The van der Waals surface area contributed by atoms with Crippen LogP contribution in [0, 0.1) is 6.92 Å². The van der Waals surface area contributed by atoms with Crippen molar-refractivity contribution in [2.75, 3.05) is 0 Å². The van der Waals surface area contributed by atoms with Crippen LogP contribution in [-0.4, -0.2) is 35.5 Å². The molecular weight excluding hydrogens is 318 g/mol. The van der Waals surface area contributed by atoms with Gasteiger partial charge in [0, 0.05) is 18.0 Å². The normalized spacial score (nSPS) is 10.9. The number of aryl methyl sites for hydroxylation is 1. The first-order valence-corrected chi connectivity index (χ1v) is 7.75. The van der Waals surface area contributed by atoms with E-state index in [1.54, 1.807) is 18.2 Å². The standard InChI is InChI=1S/C17H15N7O/c1-12-5-6-16-20-14(10-23(16)9-12)8-18-17(25)13-3-2-4-15(7-13)24-11-19-21-22-24/h2-7,9-11H,8H2,1H3,(H,18,25). The number of benzene rings is 1. The lowest BCUT2D eigenvalue weighted by molar-refractivity contribution is 0.0950. The van der Waals surface area contributed by atoms with E-state index in [2.05, 4.69) is 25.8 Å². The van der Waals surface area contributed by atoms with Crippen molar-refractivity contribution in [2.45, 2.75) is 13.5 Å². The minimum atomic E-state index is -0.178. The van der Waals surface area contributed by atoms with Crippen LogP contribution in [0.2, 0.25) is 0 Å². The summed E-state index contributed by atoms with van der Waals surface area (Å²) in [5, 5.41) is 13.9. The first-order valence-electron chi connectivity index (χ1n) is 7.75. The lowest BCUT2D eigenvalue weighted by Crippen LogP contribution is -2.23. The second-order valence-corrected chi connectivity index (χ2v) is 5.69. The van der Waals surface area contributed by atoms with Crippen molar-refractivity contribution < 1.29 is 4.79 Å². The summed E-state index contributed by atoms with van der Waals surface area (Å²) >= 11 is 0. The van der Waals surface area contributed by atoms with Crippen LogP contribution in [0.5, 0.6) is 0 Å². The predicted molar refractivity (Wildman–Crippen MR) is 90.3 cm³/mol. The van der Waals surface area contributed by atoms with Crippen LogP contribution in [0.3, 0.4) is 0 Å². The smallest absolute Gasteiger partial charge is 0.251 e. The number of imidazole rings is 1. The molecule has 25 heavy (non-hydrogen) atoms. The number of nitrogens with zero attached hydrogens (tertiary/aromatic N) is 6. The summed E-state index contributed by atoms with van der Waals surface area (Å²) in [6.07, 6.45) is 5.40. The van der Waals surface area contributed by atoms with Gasteiger partial charge in [-0.05, 0) is 47.2 Å². The van der Waals surface area contributed by atoms with E-state index in [1.165, 1.54) is 11.0 Å². The molecule has 0 aliphatic heterocycles. The summed E-state index contributed by atoms with van der Waals surface area (Å²) in [6.45, 7) is 2.38. The van der Waals surface area contributed by atoms with Gasteiger partial charge in [-0.15, -0.1) is 5.10 Å². The van der Waals surface area contributed by atoms with Gasteiger partial charge < -0.3 is 9.72 Å². The maximum atomic E-state index is 12.4. The molecule has 3 aromatic heterocycles. The molecule has 0 atom stereocenters. The molecule has 0 spiro atoms. The van der Waals surface area contributed by atoms with E-state index < -0.39 is 0 Å². The van der Waals surface area contributed by atoms with E-state index in [0.29, 0.717) is 12.1 Å². The zero-order chi connectivity index (χ0) is 17.2. The zero-order valence-corrected chi connectivity index (χ0v) is 13.5. The van der Waals surface area contributed by atoms with Crippen molar-refractivity contribution in [1.82, 2.24) is 34.9 Å². The van der Waals surface area contributed by atoms with Gasteiger partial charge >= 0.3 is 0 Å². The van der Waals surface area contributed by atoms with Crippen molar-refractivity contribution in [3.05, 3.63) is 71.9 Å². The summed E-state index contributed by atoms with van der Waals surface area (Å²) in [5.41, 5.74) is 4.07. The predicted octanol–water partition coefficient (Wildman–Crippen LogP) is 1.55. The van der Waals surface area contributed by atoms with Gasteiger partial charge in [0.05, 0.1) is 17.9 Å². The lowest BCUT2D eigenvalue weighted by Gasteiger charge is -2.05. The highest BCUT2D eigenvalue weighted by atomic mass is 16.1.